The van der Waals surface area contributed by atoms with Gasteiger partial charge in [-0.3, -0.25) is 13.9 Å². The Morgan fingerprint density at radius 2 is 2.03 bits per heavy atom. The number of likely N-dealkylation sites (tertiary alicyclic amines) is 1. The highest BCUT2D eigenvalue weighted by Gasteiger charge is 2.27. The molecule has 0 spiro atoms. The first-order chi connectivity index (χ1) is 14.1. The number of nitrogen functional groups attached to an aromatic ring is 1. The lowest BCUT2D eigenvalue weighted by Gasteiger charge is -2.32. The van der Waals surface area contributed by atoms with Gasteiger partial charge in [0.1, 0.15) is 5.75 Å². The third-order valence-electron chi connectivity index (χ3n) is 4.96. The number of hydrogen-bond acceptors (Lipinski definition) is 7. The SMILES string of the molecule is COCCCN1CCC(NC(=O)c2cc(Cl)c(N)c3c2OCC3)CC1.O=S(=O)(O)O. The van der Waals surface area contributed by atoms with Crippen molar-refractivity contribution >= 4 is 33.6 Å². The van der Waals surface area contributed by atoms with Gasteiger partial charge in [0.15, 0.2) is 0 Å². The highest BCUT2D eigenvalue weighted by atomic mass is 35.5. The number of nitrogens with zero attached hydrogens (tertiary/aromatic N) is 1. The summed E-state index contributed by atoms with van der Waals surface area (Å²) in [6, 6.07) is 1.80. The van der Waals surface area contributed by atoms with Gasteiger partial charge >= 0.3 is 10.4 Å². The smallest absolute Gasteiger partial charge is 0.394 e. The Kier molecular flexibility index (Phi) is 9.13. The largest absolute Gasteiger partial charge is 0.492 e. The molecule has 0 unspecified atom stereocenters. The monoisotopic (exact) mass is 465 g/mol. The molecule has 2 heterocycles. The van der Waals surface area contributed by atoms with E-state index < -0.39 is 10.4 Å². The molecular weight excluding hydrogens is 438 g/mol. The second-order valence-corrected chi connectivity index (χ2v) is 8.41. The molecule has 2 aliphatic heterocycles. The molecule has 0 bridgehead atoms. The highest BCUT2D eigenvalue weighted by molar-refractivity contribution is 7.79. The molecule has 2 aliphatic rings. The minimum absolute atomic E-state index is 0.127. The zero-order valence-electron chi connectivity index (χ0n) is 16.8. The van der Waals surface area contributed by atoms with Crippen molar-refractivity contribution in [2.45, 2.75) is 31.7 Å². The van der Waals surface area contributed by atoms with Crippen LogP contribution in [0.1, 0.15) is 35.2 Å². The quantitative estimate of drug-likeness (QED) is 0.277. The topological polar surface area (TPSA) is 151 Å². The number of piperidine rings is 1. The second kappa shape index (κ2) is 11.1. The lowest BCUT2D eigenvalue weighted by molar-refractivity contribution is 0.0904. The highest BCUT2D eigenvalue weighted by Crippen LogP contribution is 2.38. The number of ether oxygens (including phenoxy) is 2. The summed E-state index contributed by atoms with van der Waals surface area (Å²) < 4.78 is 42.3. The van der Waals surface area contributed by atoms with Crippen molar-refractivity contribution in [2.24, 2.45) is 0 Å². The Morgan fingerprint density at radius 1 is 1.40 bits per heavy atom. The second-order valence-electron chi connectivity index (χ2n) is 7.11. The van der Waals surface area contributed by atoms with Gasteiger partial charge in [-0.2, -0.15) is 8.42 Å². The summed E-state index contributed by atoms with van der Waals surface area (Å²) >= 11 is 6.19. The molecule has 5 N–H and O–H groups in total. The van der Waals surface area contributed by atoms with Crippen molar-refractivity contribution in [2.75, 3.05) is 45.7 Å². The van der Waals surface area contributed by atoms with Gasteiger partial charge in [-0.1, -0.05) is 11.6 Å². The molecule has 3 rings (SSSR count). The zero-order valence-corrected chi connectivity index (χ0v) is 18.3. The molecule has 10 nitrogen and oxygen atoms in total. The predicted octanol–water partition coefficient (Wildman–Crippen LogP) is 1.44. The summed E-state index contributed by atoms with van der Waals surface area (Å²) in [5, 5.41) is 3.55. The summed E-state index contributed by atoms with van der Waals surface area (Å²) in [6.45, 7) is 4.36. The maximum absolute atomic E-state index is 12.7. The standard InChI is InChI=1S/C18H26ClN3O3.H2O4S/c1-24-9-2-6-22-7-3-12(4-8-22)21-18(23)14-11-15(19)16(20)13-5-10-25-17(13)14;1-5(2,3)4/h11-12H,2-10,20H2,1H3,(H,21,23);(H2,1,2,3,4). The van der Waals surface area contributed by atoms with Crippen molar-refractivity contribution < 1.29 is 31.8 Å². The van der Waals surface area contributed by atoms with Crippen molar-refractivity contribution in [3.8, 4) is 5.75 Å². The maximum atomic E-state index is 12.7. The van der Waals surface area contributed by atoms with Gasteiger partial charge in [-0.05, 0) is 25.3 Å². The van der Waals surface area contributed by atoms with Gasteiger partial charge in [0.25, 0.3) is 5.91 Å². The Hall–Kier alpha value is -1.63. The van der Waals surface area contributed by atoms with Gasteiger partial charge in [0.2, 0.25) is 0 Å². The van der Waals surface area contributed by atoms with E-state index in [1.807, 2.05) is 0 Å². The van der Waals surface area contributed by atoms with Crippen LogP contribution in [0.4, 0.5) is 5.69 Å². The van der Waals surface area contributed by atoms with Crippen LogP contribution in [-0.4, -0.2) is 74.3 Å². The van der Waals surface area contributed by atoms with Gasteiger partial charge in [0, 0.05) is 51.4 Å². The molecule has 1 aromatic rings. The minimum atomic E-state index is -4.67. The van der Waals surface area contributed by atoms with Crippen LogP contribution in [-0.2, 0) is 21.6 Å². The summed E-state index contributed by atoms with van der Waals surface area (Å²) in [6.07, 6.45) is 3.64. The number of benzene rings is 1. The van der Waals surface area contributed by atoms with E-state index in [4.69, 9.17) is 44.3 Å². The summed E-state index contributed by atoms with van der Waals surface area (Å²) in [5.41, 5.74) is 7.86. The zero-order chi connectivity index (χ0) is 22.3. The Morgan fingerprint density at radius 3 is 2.63 bits per heavy atom. The minimum Gasteiger partial charge on any atom is -0.492 e. The van der Waals surface area contributed by atoms with Crippen LogP contribution in [0.15, 0.2) is 6.07 Å². The molecule has 30 heavy (non-hydrogen) atoms. The first-order valence-electron chi connectivity index (χ1n) is 9.55. The first-order valence-corrected chi connectivity index (χ1v) is 11.3. The molecule has 0 radical (unpaired) electrons. The average molecular weight is 466 g/mol. The summed E-state index contributed by atoms with van der Waals surface area (Å²) in [5.74, 6) is 0.467. The fraction of sp³-hybridized carbons (Fsp3) is 0.611. The van der Waals surface area contributed by atoms with Crippen LogP contribution in [0.3, 0.4) is 0 Å². The van der Waals surface area contributed by atoms with Gasteiger partial charge in [-0.15, -0.1) is 0 Å². The molecule has 1 saturated heterocycles. The predicted molar refractivity (Wildman–Crippen MR) is 113 cm³/mol. The maximum Gasteiger partial charge on any atom is 0.394 e. The van der Waals surface area contributed by atoms with Gasteiger partial charge in [-0.25, -0.2) is 0 Å². The number of fused-ring (bicyclic) bond motifs is 1. The number of amides is 1. The fourth-order valence-electron chi connectivity index (χ4n) is 3.53. The number of methoxy groups -OCH3 is 1. The van der Waals surface area contributed by atoms with E-state index in [2.05, 4.69) is 10.2 Å². The number of hydrogen-bond donors (Lipinski definition) is 4. The average Bonchev–Trinajstić information content (AvgIpc) is 3.15. The van der Waals surface area contributed by atoms with Crippen LogP contribution >= 0.6 is 11.6 Å². The van der Waals surface area contributed by atoms with Crippen molar-refractivity contribution in [1.29, 1.82) is 0 Å². The number of halogens is 1. The molecule has 12 heteroatoms. The normalized spacial score (nSPS) is 16.9. The van der Waals surface area contributed by atoms with Gasteiger partial charge < -0.3 is 25.4 Å². The van der Waals surface area contributed by atoms with E-state index in [0.29, 0.717) is 35.1 Å². The van der Waals surface area contributed by atoms with Crippen LogP contribution in [0, 0.1) is 0 Å². The number of anilines is 1. The Bertz CT molecular complexity index is 835. The number of nitrogens with two attached hydrogens (primary N) is 1. The number of rotatable bonds is 6. The number of nitrogens with one attached hydrogen (secondary N) is 1. The summed E-state index contributed by atoms with van der Waals surface area (Å²) in [7, 11) is -2.94. The third-order valence-corrected chi connectivity index (χ3v) is 5.27. The number of carbonyl (C=O) groups excluding carboxylic acids is 1. The third kappa shape index (κ3) is 7.56. The van der Waals surface area contributed by atoms with Crippen molar-refractivity contribution in [3.05, 3.63) is 22.2 Å². The van der Waals surface area contributed by atoms with E-state index in [1.54, 1.807) is 13.2 Å². The van der Waals surface area contributed by atoms with Crippen molar-refractivity contribution in [1.82, 2.24) is 10.2 Å². The van der Waals surface area contributed by atoms with Crippen LogP contribution < -0.4 is 15.8 Å². The van der Waals surface area contributed by atoms with E-state index in [1.165, 1.54) is 0 Å². The molecule has 170 valence electrons. The van der Waals surface area contributed by atoms with Crippen LogP contribution in [0.2, 0.25) is 5.02 Å². The summed E-state index contributed by atoms with van der Waals surface area (Å²) in [4.78, 5) is 15.1. The van der Waals surface area contributed by atoms with E-state index in [0.717, 1.165) is 51.1 Å². The van der Waals surface area contributed by atoms with Crippen LogP contribution in [0.25, 0.3) is 0 Å². The lowest BCUT2D eigenvalue weighted by Crippen LogP contribution is -2.45. The molecule has 0 saturated carbocycles. The lowest BCUT2D eigenvalue weighted by atomic mass is 10.0. The molecular formula is C18H28ClN3O7S. The number of carbonyl (C=O) groups is 1. The molecule has 0 atom stereocenters. The van der Waals surface area contributed by atoms with E-state index in [-0.39, 0.29) is 11.9 Å². The van der Waals surface area contributed by atoms with Crippen LogP contribution in [0.5, 0.6) is 5.75 Å². The molecule has 0 aliphatic carbocycles. The molecule has 0 aromatic heterocycles. The van der Waals surface area contributed by atoms with Gasteiger partial charge in [0.05, 0.1) is 22.9 Å². The Labute approximate surface area is 181 Å². The molecule has 1 amide bonds. The van der Waals surface area contributed by atoms with E-state index >= 15 is 0 Å². The first kappa shape index (κ1) is 24.6. The fourth-order valence-corrected chi connectivity index (χ4v) is 3.76. The molecule has 1 fully saturated rings. The van der Waals surface area contributed by atoms with Crippen molar-refractivity contribution in [3.63, 3.8) is 0 Å². The molecule has 1 aromatic carbocycles. The van der Waals surface area contributed by atoms with E-state index in [9.17, 15) is 4.79 Å². The Balaban J connectivity index is 0.000000575.